The summed E-state index contributed by atoms with van der Waals surface area (Å²) in [5, 5.41) is 0. The Bertz CT molecular complexity index is 942. The van der Waals surface area contributed by atoms with Crippen LogP contribution in [0.15, 0.2) is 65.3 Å². The molecule has 1 fully saturated rings. The molecule has 1 aliphatic rings. The van der Waals surface area contributed by atoms with Crippen molar-refractivity contribution in [2.24, 2.45) is 0 Å². The van der Waals surface area contributed by atoms with Crippen LogP contribution in [0.5, 0.6) is 5.75 Å². The smallest absolute Gasteiger partial charge is 0.275 e. The minimum atomic E-state index is -0.453. The second-order valence-corrected chi connectivity index (χ2v) is 6.85. The van der Waals surface area contributed by atoms with Gasteiger partial charge in [0.15, 0.2) is 23.9 Å². The zero-order chi connectivity index (χ0) is 19.3. The minimum Gasteiger partial charge on any atom is -0.481 e. The van der Waals surface area contributed by atoms with E-state index in [1.54, 1.807) is 12.1 Å². The van der Waals surface area contributed by atoms with Crippen LogP contribution in [0.25, 0.3) is 0 Å². The monoisotopic (exact) mass is 380 g/mol. The van der Waals surface area contributed by atoms with Crippen LogP contribution in [0.2, 0.25) is 0 Å². The maximum atomic E-state index is 13.6. The highest BCUT2D eigenvalue weighted by molar-refractivity contribution is 5.92. The van der Waals surface area contributed by atoms with Crippen molar-refractivity contribution in [2.45, 2.75) is 25.4 Å². The summed E-state index contributed by atoms with van der Waals surface area (Å²) in [5.74, 6) is 0.0836. The molecule has 1 atom stereocenters. The molecule has 3 aromatic rings. The third-order valence-electron chi connectivity index (χ3n) is 4.94. The summed E-state index contributed by atoms with van der Waals surface area (Å²) in [6.07, 6.45) is 3.36. The first-order valence-corrected chi connectivity index (χ1v) is 9.36. The van der Waals surface area contributed by atoms with E-state index >= 15 is 0 Å². The van der Waals surface area contributed by atoms with E-state index in [1.807, 2.05) is 23.1 Å². The van der Waals surface area contributed by atoms with E-state index in [-0.39, 0.29) is 29.8 Å². The lowest BCUT2D eigenvalue weighted by molar-refractivity contribution is 0.0701. The average molecular weight is 380 g/mol. The molecule has 2 aromatic carbocycles. The lowest BCUT2D eigenvalue weighted by Gasteiger charge is -2.32. The predicted molar refractivity (Wildman–Crippen MR) is 102 cm³/mol. The van der Waals surface area contributed by atoms with E-state index in [1.165, 1.54) is 24.0 Å². The van der Waals surface area contributed by atoms with Gasteiger partial charge in [0.1, 0.15) is 6.26 Å². The number of piperidine rings is 1. The highest BCUT2D eigenvalue weighted by Gasteiger charge is 2.27. The molecule has 1 aromatic heterocycles. The largest absolute Gasteiger partial charge is 0.481 e. The van der Waals surface area contributed by atoms with E-state index in [9.17, 15) is 9.18 Å². The van der Waals surface area contributed by atoms with E-state index in [4.69, 9.17) is 9.15 Å². The molecule has 1 aliphatic heterocycles. The van der Waals surface area contributed by atoms with Crippen molar-refractivity contribution in [3.05, 3.63) is 83.8 Å². The van der Waals surface area contributed by atoms with Gasteiger partial charge >= 0.3 is 0 Å². The van der Waals surface area contributed by atoms with Gasteiger partial charge in [-0.15, -0.1) is 0 Å². The minimum absolute atomic E-state index is 0.0408. The second-order valence-electron chi connectivity index (χ2n) is 6.85. The first kappa shape index (κ1) is 18.2. The van der Waals surface area contributed by atoms with Crippen LogP contribution in [0.4, 0.5) is 4.39 Å². The highest BCUT2D eigenvalue weighted by Crippen LogP contribution is 2.27. The number of hydrogen-bond acceptors (Lipinski definition) is 4. The lowest BCUT2D eigenvalue weighted by atomic mass is 9.90. The van der Waals surface area contributed by atoms with Crippen molar-refractivity contribution in [3.8, 4) is 5.75 Å². The molecular weight excluding hydrogens is 359 g/mol. The van der Waals surface area contributed by atoms with Gasteiger partial charge in [0, 0.05) is 19.0 Å². The normalized spacial score (nSPS) is 16.8. The van der Waals surface area contributed by atoms with Gasteiger partial charge in [0.05, 0.1) is 0 Å². The number of ether oxygens (including phenoxy) is 1. The van der Waals surface area contributed by atoms with Gasteiger partial charge in [-0.1, -0.05) is 42.5 Å². The Morgan fingerprint density at radius 2 is 1.96 bits per heavy atom. The number of amides is 1. The van der Waals surface area contributed by atoms with Crippen LogP contribution in [0.3, 0.4) is 0 Å². The Kier molecular flexibility index (Phi) is 5.37. The molecule has 6 heteroatoms. The van der Waals surface area contributed by atoms with E-state index in [2.05, 4.69) is 17.1 Å². The van der Waals surface area contributed by atoms with Crippen molar-refractivity contribution in [3.63, 3.8) is 0 Å². The number of likely N-dealkylation sites (tertiary alicyclic amines) is 1. The van der Waals surface area contributed by atoms with Crippen LogP contribution in [-0.2, 0) is 6.61 Å². The molecule has 1 unspecified atom stereocenters. The molecule has 2 heterocycles. The fourth-order valence-corrected chi connectivity index (χ4v) is 3.50. The summed E-state index contributed by atoms with van der Waals surface area (Å²) < 4.78 is 24.3. The number of nitrogens with zero attached hydrogens (tertiary/aromatic N) is 2. The third-order valence-corrected chi connectivity index (χ3v) is 4.94. The van der Waals surface area contributed by atoms with Gasteiger partial charge in [-0.2, -0.15) is 0 Å². The van der Waals surface area contributed by atoms with E-state index in [0.29, 0.717) is 19.0 Å². The summed E-state index contributed by atoms with van der Waals surface area (Å²) >= 11 is 0. The van der Waals surface area contributed by atoms with Gasteiger partial charge in [-0.05, 0) is 30.5 Å². The molecule has 144 valence electrons. The summed E-state index contributed by atoms with van der Waals surface area (Å²) in [5.41, 5.74) is 1.50. The standard InChI is InChI=1S/C22H21FN2O3/c23-18-10-4-5-11-20(18)27-15-21-24-19(14-28-21)22(26)25-12-6-9-17(13-25)16-7-2-1-3-8-16/h1-5,7-8,10-11,14,17H,6,9,12-13,15H2. The Balaban J connectivity index is 1.39. The number of rotatable bonds is 5. The Morgan fingerprint density at radius 1 is 1.18 bits per heavy atom. The summed E-state index contributed by atoms with van der Waals surface area (Å²) in [4.78, 5) is 18.9. The van der Waals surface area contributed by atoms with Crippen molar-refractivity contribution < 1.29 is 18.3 Å². The molecule has 4 rings (SSSR count). The van der Waals surface area contributed by atoms with Crippen LogP contribution in [0, 0.1) is 5.82 Å². The molecule has 1 saturated heterocycles. The average Bonchev–Trinajstić information content (AvgIpc) is 3.22. The molecule has 0 spiro atoms. The molecule has 1 amide bonds. The number of carbonyl (C=O) groups excluding carboxylic acids is 1. The topological polar surface area (TPSA) is 55.6 Å². The number of carbonyl (C=O) groups is 1. The molecule has 5 nitrogen and oxygen atoms in total. The molecule has 0 radical (unpaired) electrons. The molecule has 0 aliphatic carbocycles. The summed E-state index contributed by atoms with van der Waals surface area (Å²) in [6.45, 7) is 1.33. The number of para-hydroxylation sites is 1. The Hall–Kier alpha value is -3.15. The van der Waals surface area contributed by atoms with Crippen LogP contribution in [-0.4, -0.2) is 28.9 Å². The summed E-state index contributed by atoms with van der Waals surface area (Å²) in [6, 6.07) is 16.4. The van der Waals surface area contributed by atoms with Crippen LogP contribution < -0.4 is 4.74 Å². The number of halogens is 1. The lowest BCUT2D eigenvalue weighted by Crippen LogP contribution is -2.39. The first-order valence-electron chi connectivity index (χ1n) is 9.36. The zero-order valence-corrected chi connectivity index (χ0v) is 15.4. The SMILES string of the molecule is O=C(c1coc(COc2ccccc2F)n1)N1CCCC(c2ccccc2)C1. The molecular formula is C22H21FN2O3. The Morgan fingerprint density at radius 3 is 2.79 bits per heavy atom. The maximum Gasteiger partial charge on any atom is 0.275 e. The highest BCUT2D eigenvalue weighted by atomic mass is 19.1. The molecule has 0 saturated carbocycles. The first-order chi connectivity index (χ1) is 13.7. The van der Waals surface area contributed by atoms with Gasteiger partial charge < -0.3 is 14.1 Å². The van der Waals surface area contributed by atoms with Gasteiger partial charge in [-0.3, -0.25) is 4.79 Å². The quantitative estimate of drug-likeness (QED) is 0.658. The number of benzene rings is 2. The van der Waals surface area contributed by atoms with Gasteiger partial charge in [0.2, 0.25) is 5.89 Å². The predicted octanol–water partition coefficient (Wildman–Crippen LogP) is 4.41. The fraction of sp³-hybridized carbons (Fsp3) is 0.273. The van der Waals surface area contributed by atoms with E-state index < -0.39 is 5.82 Å². The van der Waals surface area contributed by atoms with Gasteiger partial charge in [-0.25, -0.2) is 9.37 Å². The third kappa shape index (κ3) is 4.06. The molecule has 28 heavy (non-hydrogen) atoms. The summed E-state index contributed by atoms with van der Waals surface area (Å²) in [7, 11) is 0. The fourth-order valence-electron chi connectivity index (χ4n) is 3.50. The van der Waals surface area contributed by atoms with Crippen molar-refractivity contribution in [2.75, 3.05) is 13.1 Å². The van der Waals surface area contributed by atoms with E-state index in [0.717, 1.165) is 12.8 Å². The van der Waals surface area contributed by atoms with Crippen LogP contribution in [0.1, 0.15) is 40.7 Å². The molecule has 0 bridgehead atoms. The second kappa shape index (κ2) is 8.25. The van der Waals surface area contributed by atoms with Crippen LogP contribution >= 0.6 is 0 Å². The van der Waals surface area contributed by atoms with Crippen molar-refractivity contribution in [1.82, 2.24) is 9.88 Å². The van der Waals surface area contributed by atoms with Crippen molar-refractivity contribution >= 4 is 5.91 Å². The Labute approximate surface area is 162 Å². The number of hydrogen-bond donors (Lipinski definition) is 0. The molecule has 0 N–H and O–H groups in total. The van der Waals surface area contributed by atoms with Gasteiger partial charge in [0.25, 0.3) is 5.91 Å². The number of oxazole rings is 1. The maximum absolute atomic E-state index is 13.6. The van der Waals surface area contributed by atoms with Crippen molar-refractivity contribution in [1.29, 1.82) is 0 Å². The zero-order valence-electron chi connectivity index (χ0n) is 15.4. The number of aromatic nitrogens is 1.